The predicted molar refractivity (Wildman–Crippen MR) is 75.8 cm³/mol. The molecule has 0 bridgehead atoms. The van der Waals surface area contributed by atoms with Gasteiger partial charge in [-0.2, -0.15) is 11.8 Å². The van der Waals surface area contributed by atoms with Crippen LogP contribution in [0.25, 0.3) is 0 Å². The minimum atomic E-state index is -1.37. The van der Waals surface area contributed by atoms with Crippen LogP contribution < -0.4 is 16.4 Å². The van der Waals surface area contributed by atoms with Crippen LogP contribution in [0.4, 0.5) is 0 Å². The van der Waals surface area contributed by atoms with Gasteiger partial charge in [0.1, 0.15) is 12.1 Å². The summed E-state index contributed by atoms with van der Waals surface area (Å²) >= 11 is 1.41. The van der Waals surface area contributed by atoms with Gasteiger partial charge in [0, 0.05) is 0 Å². The van der Waals surface area contributed by atoms with Crippen molar-refractivity contribution in [2.24, 2.45) is 5.73 Å². The Bertz CT molecular complexity index is 403. The molecule has 6 N–H and O–H groups in total. The predicted octanol–water partition coefficient (Wildman–Crippen LogP) is -1.77. The van der Waals surface area contributed by atoms with E-state index in [4.69, 9.17) is 15.9 Å². The molecule has 0 aliphatic rings. The molecule has 0 aliphatic heterocycles. The van der Waals surface area contributed by atoms with Gasteiger partial charge < -0.3 is 26.6 Å². The van der Waals surface area contributed by atoms with Crippen LogP contribution in [0, 0.1) is 0 Å². The molecular weight excluding hydrogens is 302 g/mol. The molecule has 0 spiro atoms. The Kier molecular flexibility index (Phi) is 9.13. The largest absolute Gasteiger partial charge is 0.481 e. The topological polar surface area (TPSA) is 159 Å². The van der Waals surface area contributed by atoms with Crippen molar-refractivity contribution in [2.75, 3.05) is 18.6 Å². The fourth-order valence-electron chi connectivity index (χ4n) is 1.40. The number of aliphatic carboxylic acids is 2. The molecule has 0 aromatic rings. The zero-order chi connectivity index (χ0) is 16.4. The van der Waals surface area contributed by atoms with E-state index in [0.29, 0.717) is 5.75 Å². The molecule has 120 valence electrons. The Labute approximate surface area is 125 Å². The average Bonchev–Trinajstić information content (AvgIpc) is 2.41. The number of nitrogens with one attached hydrogen (secondary N) is 2. The van der Waals surface area contributed by atoms with E-state index in [1.54, 1.807) is 6.26 Å². The molecule has 0 radical (unpaired) electrons. The summed E-state index contributed by atoms with van der Waals surface area (Å²) < 4.78 is 0. The van der Waals surface area contributed by atoms with Crippen molar-refractivity contribution >= 4 is 35.5 Å². The first kappa shape index (κ1) is 19.2. The second-order valence-corrected chi connectivity index (χ2v) is 5.09. The lowest BCUT2D eigenvalue weighted by Crippen LogP contribution is -2.53. The monoisotopic (exact) mass is 321 g/mol. The number of hydrogen-bond donors (Lipinski definition) is 5. The van der Waals surface area contributed by atoms with Crippen LogP contribution in [-0.4, -0.2) is 64.6 Å². The Morgan fingerprint density at radius 2 is 1.76 bits per heavy atom. The lowest BCUT2D eigenvalue weighted by Gasteiger charge is -2.20. The maximum absolute atomic E-state index is 11.9. The summed E-state index contributed by atoms with van der Waals surface area (Å²) in [7, 11) is 0. The number of hydrogen-bond acceptors (Lipinski definition) is 6. The summed E-state index contributed by atoms with van der Waals surface area (Å²) in [4.78, 5) is 44.8. The number of carboxylic acids is 2. The van der Waals surface area contributed by atoms with E-state index in [0.717, 1.165) is 0 Å². The van der Waals surface area contributed by atoms with E-state index in [1.807, 2.05) is 0 Å². The number of carbonyl (C=O) groups excluding carboxylic acids is 2. The van der Waals surface area contributed by atoms with E-state index in [1.165, 1.54) is 11.8 Å². The zero-order valence-electron chi connectivity index (χ0n) is 11.5. The molecule has 0 fully saturated rings. The van der Waals surface area contributed by atoms with Crippen molar-refractivity contribution in [3.05, 3.63) is 0 Å². The number of carbonyl (C=O) groups is 4. The normalized spacial score (nSPS) is 13.0. The fraction of sp³-hybridized carbons (Fsp3) is 0.636. The van der Waals surface area contributed by atoms with Gasteiger partial charge >= 0.3 is 11.9 Å². The van der Waals surface area contributed by atoms with Gasteiger partial charge in [-0.25, -0.2) is 4.79 Å². The van der Waals surface area contributed by atoms with Crippen LogP contribution in [-0.2, 0) is 19.2 Å². The Morgan fingerprint density at radius 3 is 2.19 bits per heavy atom. The molecular formula is C11H19N3O6S. The van der Waals surface area contributed by atoms with Gasteiger partial charge in [0.05, 0.1) is 13.0 Å². The van der Waals surface area contributed by atoms with Crippen LogP contribution in [0.2, 0.25) is 0 Å². The van der Waals surface area contributed by atoms with Crippen LogP contribution in [0.15, 0.2) is 0 Å². The number of thioether (sulfide) groups is 1. The highest BCUT2D eigenvalue weighted by atomic mass is 32.2. The van der Waals surface area contributed by atoms with Gasteiger partial charge in [0.25, 0.3) is 0 Å². The third-order valence-electron chi connectivity index (χ3n) is 2.44. The maximum Gasteiger partial charge on any atom is 0.326 e. The molecule has 0 saturated carbocycles. The summed E-state index contributed by atoms with van der Waals surface area (Å²) in [5.41, 5.74) is 5.08. The maximum atomic E-state index is 11.9. The van der Waals surface area contributed by atoms with Crippen molar-refractivity contribution < 1.29 is 29.4 Å². The molecule has 10 heteroatoms. The van der Waals surface area contributed by atoms with E-state index >= 15 is 0 Å². The quantitative estimate of drug-likeness (QED) is 0.316. The third kappa shape index (κ3) is 8.15. The van der Waals surface area contributed by atoms with Crippen LogP contribution in [0.3, 0.4) is 0 Å². The molecule has 0 aliphatic carbocycles. The van der Waals surface area contributed by atoms with E-state index in [2.05, 4.69) is 10.6 Å². The summed E-state index contributed by atoms with van der Waals surface area (Å²) in [5.74, 6) is -3.59. The van der Waals surface area contributed by atoms with Crippen molar-refractivity contribution in [2.45, 2.75) is 24.9 Å². The molecule has 2 atom stereocenters. The summed E-state index contributed by atoms with van der Waals surface area (Å²) in [6.45, 7) is -0.405. The number of nitrogens with two attached hydrogens (primary N) is 1. The van der Waals surface area contributed by atoms with Crippen molar-refractivity contribution in [3.63, 3.8) is 0 Å². The van der Waals surface area contributed by atoms with E-state index in [9.17, 15) is 19.2 Å². The first-order chi connectivity index (χ1) is 9.81. The van der Waals surface area contributed by atoms with Gasteiger partial charge in [0.2, 0.25) is 11.8 Å². The van der Waals surface area contributed by atoms with Crippen LogP contribution >= 0.6 is 11.8 Å². The van der Waals surface area contributed by atoms with Crippen molar-refractivity contribution in [3.8, 4) is 0 Å². The number of amides is 2. The third-order valence-corrected chi connectivity index (χ3v) is 3.09. The lowest BCUT2D eigenvalue weighted by atomic mass is 10.1. The van der Waals surface area contributed by atoms with Gasteiger partial charge in [-0.05, 0) is 18.4 Å². The fourth-order valence-corrected chi connectivity index (χ4v) is 1.87. The first-order valence-corrected chi connectivity index (χ1v) is 7.44. The Balaban J connectivity index is 4.79. The molecule has 21 heavy (non-hydrogen) atoms. The van der Waals surface area contributed by atoms with Crippen LogP contribution in [0.1, 0.15) is 12.8 Å². The Morgan fingerprint density at radius 1 is 1.14 bits per heavy atom. The van der Waals surface area contributed by atoms with E-state index < -0.39 is 48.8 Å². The van der Waals surface area contributed by atoms with Crippen LogP contribution in [0.5, 0.6) is 0 Å². The summed E-state index contributed by atoms with van der Waals surface area (Å²) in [6, 6.07) is -2.51. The lowest BCUT2D eigenvalue weighted by molar-refractivity contribution is -0.143. The zero-order valence-corrected chi connectivity index (χ0v) is 12.3. The standard InChI is InChI=1S/C11H19N3O6S/c1-21-3-2-6(11(19)20)14-10(18)7(4-9(16)17)13-8(15)5-12/h6-7H,2-5,12H2,1H3,(H,13,15)(H,14,18)(H,16,17)(H,19,20)/t6-,7-/m0/s1. The number of rotatable bonds is 10. The van der Waals surface area contributed by atoms with E-state index in [-0.39, 0.29) is 6.42 Å². The average molecular weight is 321 g/mol. The molecule has 2 amide bonds. The smallest absolute Gasteiger partial charge is 0.326 e. The van der Waals surface area contributed by atoms with Gasteiger partial charge in [-0.15, -0.1) is 0 Å². The molecule has 0 aromatic heterocycles. The molecule has 0 rings (SSSR count). The van der Waals surface area contributed by atoms with Gasteiger partial charge in [0.15, 0.2) is 0 Å². The van der Waals surface area contributed by atoms with Crippen molar-refractivity contribution in [1.29, 1.82) is 0 Å². The second kappa shape index (κ2) is 10.00. The molecule has 0 heterocycles. The molecule has 0 aromatic carbocycles. The second-order valence-electron chi connectivity index (χ2n) is 4.10. The molecule has 0 saturated heterocycles. The van der Waals surface area contributed by atoms with Gasteiger partial charge in [-0.1, -0.05) is 0 Å². The molecule has 0 unspecified atom stereocenters. The minimum Gasteiger partial charge on any atom is -0.481 e. The SMILES string of the molecule is CSCC[C@H](NC(=O)[C@H](CC(=O)O)NC(=O)CN)C(=O)O. The highest BCUT2D eigenvalue weighted by molar-refractivity contribution is 7.98. The summed E-state index contributed by atoms with van der Waals surface area (Å²) in [5, 5.41) is 22.1. The minimum absolute atomic E-state index is 0.187. The van der Waals surface area contributed by atoms with Crippen molar-refractivity contribution in [1.82, 2.24) is 10.6 Å². The van der Waals surface area contributed by atoms with Gasteiger partial charge in [-0.3, -0.25) is 14.4 Å². The highest BCUT2D eigenvalue weighted by Crippen LogP contribution is 2.02. The first-order valence-electron chi connectivity index (χ1n) is 6.05. The summed E-state index contributed by atoms with van der Waals surface area (Å²) in [6.07, 6.45) is 1.31. The molecule has 9 nitrogen and oxygen atoms in total. The Hall–Kier alpha value is -1.81. The number of carboxylic acid groups (broad SMARTS) is 2. The highest BCUT2D eigenvalue weighted by Gasteiger charge is 2.27.